The fourth-order valence-corrected chi connectivity index (χ4v) is 4.41. The molecule has 1 aliphatic rings. The molecule has 0 saturated heterocycles. The number of aromatic nitrogens is 3. The summed E-state index contributed by atoms with van der Waals surface area (Å²) in [5, 5.41) is 1.73. The monoisotopic (exact) mass is 411 g/mol. The van der Waals surface area contributed by atoms with Gasteiger partial charge >= 0.3 is 5.69 Å². The Morgan fingerprint density at radius 3 is 2.45 bits per heavy atom. The molecule has 0 aliphatic heterocycles. The Morgan fingerprint density at radius 2 is 1.83 bits per heavy atom. The highest BCUT2D eigenvalue weighted by Crippen LogP contribution is 2.36. The number of allylic oxidation sites excluding steroid dienone is 2. The number of Topliss-reactive ketones (excluding diaryl/α,β-unsaturated/α-hetero) is 1. The quantitative estimate of drug-likeness (QED) is 0.651. The molecule has 0 bridgehead atoms. The van der Waals surface area contributed by atoms with Crippen LogP contribution in [-0.4, -0.2) is 32.8 Å². The summed E-state index contributed by atoms with van der Waals surface area (Å²) in [7, 11) is 4.34. The second-order valence-corrected chi connectivity index (χ2v) is 7.58. The first kappa shape index (κ1) is 19.0. The number of aryl methyl sites for hydroxylation is 2. The van der Waals surface area contributed by atoms with E-state index in [-0.39, 0.29) is 33.5 Å². The van der Waals surface area contributed by atoms with Crippen LogP contribution in [0.25, 0.3) is 16.6 Å². The van der Waals surface area contributed by atoms with Crippen molar-refractivity contribution in [3.8, 4) is 5.75 Å². The normalized spacial score (nSPS) is 13.6. The summed E-state index contributed by atoms with van der Waals surface area (Å²) in [5.41, 5.74) is -0.328. The van der Waals surface area contributed by atoms with Gasteiger partial charge in [0.1, 0.15) is 11.4 Å². The minimum Gasteiger partial charge on any atom is -0.496 e. The van der Waals surface area contributed by atoms with Crippen molar-refractivity contribution in [1.29, 1.82) is 0 Å². The van der Waals surface area contributed by atoms with E-state index in [0.29, 0.717) is 22.7 Å². The van der Waals surface area contributed by atoms with Crippen molar-refractivity contribution in [2.75, 3.05) is 7.11 Å². The molecule has 0 radical (unpaired) electrons. The van der Waals surface area contributed by atoms with E-state index in [9.17, 15) is 19.2 Å². The predicted octanol–water partition coefficient (Wildman–Crippen LogP) is 1.73. The summed E-state index contributed by atoms with van der Waals surface area (Å²) < 4.78 is 7.30. The first-order valence-electron chi connectivity index (χ1n) is 8.86. The Balaban J connectivity index is 2.10. The molecule has 0 N–H and O–H groups in total. The van der Waals surface area contributed by atoms with E-state index in [1.165, 1.54) is 43.2 Å². The van der Waals surface area contributed by atoms with Gasteiger partial charge in [-0.3, -0.25) is 23.5 Å². The fraction of sp³-hybridized carbons (Fsp3) is 0.250. The molecular weight excluding hydrogens is 394 g/mol. The Labute approximate surface area is 168 Å². The number of hydrogen-bond donors (Lipinski definition) is 0. The van der Waals surface area contributed by atoms with E-state index in [2.05, 4.69) is 4.98 Å². The highest BCUT2D eigenvalue weighted by molar-refractivity contribution is 7.12. The topological polar surface area (TPSA) is 100 Å². The Hall–Kier alpha value is -3.33. The molecule has 8 nitrogen and oxygen atoms in total. The number of methoxy groups -OCH3 is 1. The molecule has 9 heteroatoms. The molecule has 4 rings (SSSR count). The van der Waals surface area contributed by atoms with Gasteiger partial charge in [0.15, 0.2) is 11.6 Å². The van der Waals surface area contributed by atoms with E-state index in [4.69, 9.17) is 4.74 Å². The van der Waals surface area contributed by atoms with Gasteiger partial charge in [0, 0.05) is 29.9 Å². The Morgan fingerprint density at radius 1 is 1.10 bits per heavy atom. The molecule has 0 amide bonds. The van der Waals surface area contributed by atoms with Gasteiger partial charge in [0.25, 0.3) is 5.56 Å². The smallest absolute Gasteiger partial charge is 0.332 e. The maximum atomic E-state index is 13.4. The van der Waals surface area contributed by atoms with E-state index in [1.807, 2.05) is 0 Å². The average molecular weight is 411 g/mol. The molecule has 0 saturated carbocycles. The maximum absolute atomic E-state index is 13.4. The minimum absolute atomic E-state index is 0.0142. The highest BCUT2D eigenvalue weighted by Gasteiger charge is 2.34. The molecule has 0 spiro atoms. The van der Waals surface area contributed by atoms with Crippen molar-refractivity contribution in [1.82, 2.24) is 14.1 Å². The first-order valence-corrected chi connectivity index (χ1v) is 9.74. The molecule has 3 aromatic rings. The van der Waals surface area contributed by atoms with Gasteiger partial charge in [-0.25, -0.2) is 9.78 Å². The number of carbonyl (C=O) groups is 2. The zero-order chi connectivity index (χ0) is 21.0. The highest BCUT2D eigenvalue weighted by atomic mass is 32.1. The lowest BCUT2D eigenvalue weighted by Crippen LogP contribution is -2.39. The van der Waals surface area contributed by atoms with Gasteiger partial charge in [-0.1, -0.05) is 6.92 Å². The average Bonchev–Trinajstić information content (AvgIpc) is 3.20. The van der Waals surface area contributed by atoms with Crippen molar-refractivity contribution in [2.45, 2.75) is 13.3 Å². The zero-order valence-electron chi connectivity index (χ0n) is 16.2. The van der Waals surface area contributed by atoms with Crippen LogP contribution in [0, 0.1) is 0 Å². The maximum Gasteiger partial charge on any atom is 0.332 e. The summed E-state index contributed by atoms with van der Waals surface area (Å²) in [6.07, 6.45) is 1.61. The third-order valence-corrected chi connectivity index (χ3v) is 6.01. The number of carbonyl (C=O) groups excluding carboxylic acids is 2. The van der Waals surface area contributed by atoms with Crippen LogP contribution in [0.1, 0.15) is 38.2 Å². The number of ketones is 2. The van der Waals surface area contributed by atoms with E-state index in [1.54, 1.807) is 18.4 Å². The van der Waals surface area contributed by atoms with Crippen molar-refractivity contribution in [3.63, 3.8) is 0 Å². The molecule has 3 heterocycles. The molecule has 148 valence electrons. The van der Waals surface area contributed by atoms with Crippen molar-refractivity contribution in [2.24, 2.45) is 14.1 Å². The van der Waals surface area contributed by atoms with Gasteiger partial charge in [0.2, 0.25) is 0 Å². The molecule has 1 aliphatic carbocycles. The molecule has 0 atom stereocenters. The summed E-state index contributed by atoms with van der Waals surface area (Å²) in [5.74, 6) is -0.237. The van der Waals surface area contributed by atoms with Gasteiger partial charge in [-0.15, -0.1) is 11.3 Å². The van der Waals surface area contributed by atoms with Crippen LogP contribution in [0.2, 0.25) is 0 Å². The van der Waals surface area contributed by atoms with Gasteiger partial charge < -0.3 is 4.74 Å². The number of nitrogens with zero attached hydrogens (tertiary/aromatic N) is 3. The molecule has 3 aromatic heterocycles. The SMILES string of the molecule is CCc1nc2c(c3c1C(=O)C(c1cc(OC)cs1)=CC3=O)c(=O)n(C)c(=O)n2C. The summed E-state index contributed by atoms with van der Waals surface area (Å²) in [6, 6.07) is 1.69. The van der Waals surface area contributed by atoms with Gasteiger partial charge in [0.05, 0.1) is 29.3 Å². The number of rotatable bonds is 3. The number of ether oxygens (including phenoxy) is 1. The number of fused-ring (bicyclic) bond motifs is 3. The molecule has 0 aromatic carbocycles. The van der Waals surface area contributed by atoms with Gasteiger partial charge in [-0.05, 0) is 18.6 Å². The molecular formula is C20H17N3O5S. The second kappa shape index (κ2) is 6.63. The summed E-state index contributed by atoms with van der Waals surface area (Å²) in [4.78, 5) is 56.6. The second-order valence-electron chi connectivity index (χ2n) is 6.67. The Bertz CT molecular complexity index is 1370. The van der Waals surface area contributed by atoms with Crippen LogP contribution in [0.4, 0.5) is 0 Å². The van der Waals surface area contributed by atoms with Crippen LogP contribution >= 0.6 is 11.3 Å². The first-order chi connectivity index (χ1) is 13.8. The van der Waals surface area contributed by atoms with Crippen LogP contribution < -0.4 is 16.0 Å². The standard InChI is InChI=1S/C20H17N3O5S/c1-5-11-14-15(16-18(21-11)22(2)20(27)23(3)19(16)26)12(24)7-10(17(14)25)13-6-9(28-4)8-29-13/h6-8H,5H2,1-4H3. The number of thiophene rings is 1. The Kier molecular flexibility index (Phi) is 4.34. The van der Waals surface area contributed by atoms with Crippen molar-refractivity contribution >= 4 is 39.5 Å². The molecule has 29 heavy (non-hydrogen) atoms. The van der Waals surface area contributed by atoms with Crippen LogP contribution in [-0.2, 0) is 20.5 Å². The molecule has 0 unspecified atom stereocenters. The van der Waals surface area contributed by atoms with E-state index in [0.717, 1.165) is 4.57 Å². The third-order valence-electron chi connectivity index (χ3n) is 5.07. The largest absolute Gasteiger partial charge is 0.496 e. The van der Waals surface area contributed by atoms with Crippen LogP contribution in [0.3, 0.4) is 0 Å². The molecule has 0 fully saturated rings. The van der Waals surface area contributed by atoms with Crippen LogP contribution in [0.5, 0.6) is 5.75 Å². The minimum atomic E-state index is -0.648. The lowest BCUT2D eigenvalue weighted by Gasteiger charge is -2.20. The third kappa shape index (κ3) is 2.61. The number of hydrogen-bond acceptors (Lipinski definition) is 7. The fourth-order valence-electron chi connectivity index (χ4n) is 3.54. The van der Waals surface area contributed by atoms with Gasteiger partial charge in [-0.2, -0.15) is 0 Å². The predicted molar refractivity (Wildman–Crippen MR) is 109 cm³/mol. The van der Waals surface area contributed by atoms with Crippen LogP contribution in [0.15, 0.2) is 27.1 Å². The summed E-state index contributed by atoms with van der Waals surface area (Å²) >= 11 is 1.29. The number of pyridine rings is 1. The van der Waals surface area contributed by atoms with E-state index >= 15 is 0 Å². The lowest BCUT2D eigenvalue weighted by molar-refractivity contribution is 0.100. The lowest BCUT2D eigenvalue weighted by atomic mass is 9.85. The van der Waals surface area contributed by atoms with E-state index < -0.39 is 17.0 Å². The zero-order valence-corrected chi connectivity index (χ0v) is 17.0. The van der Waals surface area contributed by atoms with Crippen molar-refractivity contribution < 1.29 is 14.3 Å². The van der Waals surface area contributed by atoms with Crippen molar-refractivity contribution in [3.05, 3.63) is 60.1 Å². The summed E-state index contributed by atoms with van der Waals surface area (Å²) in [6.45, 7) is 1.80.